The fraction of sp³-hybridized carbons (Fsp3) is 0.692. The molecule has 0 bridgehead atoms. The lowest BCUT2D eigenvalue weighted by molar-refractivity contribution is 0.305. The zero-order valence-corrected chi connectivity index (χ0v) is 11.0. The van der Waals surface area contributed by atoms with Gasteiger partial charge in [0.15, 0.2) is 0 Å². The summed E-state index contributed by atoms with van der Waals surface area (Å²) >= 11 is 0. The Hall–Kier alpha value is -1.32. The van der Waals surface area contributed by atoms with E-state index in [1.807, 2.05) is 13.1 Å². The molecule has 17 heavy (non-hydrogen) atoms. The summed E-state index contributed by atoms with van der Waals surface area (Å²) in [7, 11) is 0. The third-order valence-electron chi connectivity index (χ3n) is 3.38. The van der Waals surface area contributed by atoms with Crippen LogP contribution in [0.25, 0.3) is 0 Å². The fourth-order valence-electron chi connectivity index (χ4n) is 2.01. The highest BCUT2D eigenvalue weighted by Gasteiger charge is 2.32. The van der Waals surface area contributed by atoms with Crippen molar-refractivity contribution >= 4 is 11.8 Å². The van der Waals surface area contributed by atoms with Crippen LogP contribution in [0.3, 0.4) is 0 Å². The van der Waals surface area contributed by atoms with Gasteiger partial charge >= 0.3 is 0 Å². The first-order valence-electron chi connectivity index (χ1n) is 6.49. The smallest absolute Gasteiger partial charge is 0.224 e. The van der Waals surface area contributed by atoms with E-state index in [0.717, 1.165) is 30.3 Å². The normalized spacial score (nSPS) is 17.4. The summed E-state index contributed by atoms with van der Waals surface area (Å²) in [6.45, 7) is 7.36. The molecule has 1 aliphatic carbocycles. The number of anilines is 2. The molecular formula is C13H22N4. The predicted octanol–water partition coefficient (Wildman–Crippen LogP) is 2.96. The number of hydrogen-bond donors (Lipinski definition) is 2. The van der Waals surface area contributed by atoms with Crippen molar-refractivity contribution in [3.63, 3.8) is 0 Å². The second-order valence-corrected chi connectivity index (χ2v) is 5.19. The molecule has 0 amide bonds. The lowest BCUT2D eigenvalue weighted by atomic mass is 9.78. The van der Waals surface area contributed by atoms with Crippen molar-refractivity contribution in [3.05, 3.63) is 11.8 Å². The summed E-state index contributed by atoms with van der Waals surface area (Å²) in [5, 5.41) is 6.77. The van der Waals surface area contributed by atoms with Gasteiger partial charge in [-0.15, -0.1) is 0 Å². The molecule has 0 spiro atoms. The Morgan fingerprint density at radius 2 is 2.18 bits per heavy atom. The number of aromatic nitrogens is 2. The number of hydrogen-bond acceptors (Lipinski definition) is 4. The van der Waals surface area contributed by atoms with Gasteiger partial charge in [0, 0.05) is 23.8 Å². The largest absolute Gasteiger partial charge is 0.365 e. The topological polar surface area (TPSA) is 49.8 Å². The zero-order chi connectivity index (χ0) is 12.3. The van der Waals surface area contributed by atoms with Crippen LogP contribution >= 0.6 is 0 Å². The van der Waals surface area contributed by atoms with Crippen LogP contribution in [0, 0.1) is 6.92 Å². The molecule has 0 aromatic carbocycles. The number of aryl methyl sites for hydroxylation is 1. The van der Waals surface area contributed by atoms with Crippen molar-refractivity contribution in [3.8, 4) is 0 Å². The number of rotatable bonds is 5. The Bertz CT molecular complexity index is 385. The van der Waals surface area contributed by atoms with Crippen LogP contribution in [-0.4, -0.2) is 22.1 Å². The number of nitrogens with one attached hydrogen (secondary N) is 2. The average Bonchev–Trinajstić information content (AvgIpc) is 2.28. The molecule has 4 nitrogen and oxygen atoms in total. The molecule has 1 aromatic heterocycles. The maximum atomic E-state index is 4.54. The van der Waals surface area contributed by atoms with Crippen LogP contribution in [0.15, 0.2) is 6.20 Å². The van der Waals surface area contributed by atoms with Crippen molar-refractivity contribution in [2.45, 2.75) is 52.0 Å². The molecule has 2 N–H and O–H groups in total. The predicted molar refractivity (Wildman–Crippen MR) is 71.4 cm³/mol. The molecule has 2 rings (SSSR count). The maximum absolute atomic E-state index is 4.54. The molecule has 1 heterocycles. The third kappa shape index (κ3) is 2.87. The Labute approximate surface area is 103 Å². The van der Waals surface area contributed by atoms with Crippen molar-refractivity contribution in [1.82, 2.24) is 9.97 Å². The average molecular weight is 234 g/mol. The third-order valence-corrected chi connectivity index (χ3v) is 3.38. The van der Waals surface area contributed by atoms with E-state index >= 15 is 0 Å². The van der Waals surface area contributed by atoms with Crippen LogP contribution in [0.2, 0.25) is 0 Å². The van der Waals surface area contributed by atoms with Crippen LogP contribution in [-0.2, 0) is 0 Å². The van der Waals surface area contributed by atoms with Crippen molar-refractivity contribution in [2.75, 3.05) is 17.2 Å². The molecule has 0 radical (unpaired) electrons. The van der Waals surface area contributed by atoms with E-state index in [4.69, 9.17) is 0 Å². The van der Waals surface area contributed by atoms with Gasteiger partial charge in [0.2, 0.25) is 5.95 Å². The second-order valence-electron chi connectivity index (χ2n) is 5.19. The maximum Gasteiger partial charge on any atom is 0.224 e. The fourth-order valence-corrected chi connectivity index (χ4v) is 2.01. The highest BCUT2D eigenvalue weighted by atomic mass is 15.2. The van der Waals surface area contributed by atoms with E-state index in [9.17, 15) is 0 Å². The minimum absolute atomic E-state index is 0.237. The molecule has 0 aliphatic heterocycles. The molecule has 1 fully saturated rings. The number of nitrogens with zero attached hydrogens (tertiary/aromatic N) is 2. The lowest BCUT2D eigenvalue weighted by Crippen LogP contribution is -2.42. The zero-order valence-electron chi connectivity index (χ0n) is 11.0. The molecule has 0 saturated heterocycles. The van der Waals surface area contributed by atoms with Crippen LogP contribution in [0.4, 0.5) is 11.8 Å². The van der Waals surface area contributed by atoms with Crippen molar-refractivity contribution in [2.24, 2.45) is 0 Å². The van der Waals surface area contributed by atoms with Gasteiger partial charge in [0.1, 0.15) is 5.82 Å². The highest BCUT2D eigenvalue weighted by molar-refractivity contribution is 5.48. The minimum atomic E-state index is 0.237. The van der Waals surface area contributed by atoms with Crippen LogP contribution in [0.1, 0.15) is 45.1 Å². The summed E-state index contributed by atoms with van der Waals surface area (Å²) in [5.74, 6) is 1.70. The van der Waals surface area contributed by atoms with Gasteiger partial charge in [0.05, 0.1) is 0 Å². The van der Waals surface area contributed by atoms with Gasteiger partial charge < -0.3 is 10.6 Å². The molecule has 1 aromatic rings. The highest BCUT2D eigenvalue weighted by Crippen LogP contribution is 2.34. The molecule has 4 heteroatoms. The summed E-state index contributed by atoms with van der Waals surface area (Å²) in [4.78, 5) is 8.83. The van der Waals surface area contributed by atoms with Gasteiger partial charge in [-0.1, -0.05) is 6.92 Å². The molecule has 94 valence electrons. The SMILES string of the molecule is CCCNc1ncc(C)c(NC2(C)CCC2)n1. The Balaban J connectivity index is 2.08. The van der Waals surface area contributed by atoms with E-state index < -0.39 is 0 Å². The quantitative estimate of drug-likeness (QED) is 0.822. The second kappa shape index (κ2) is 4.90. The van der Waals surface area contributed by atoms with Gasteiger partial charge in [0.25, 0.3) is 0 Å². The molecular weight excluding hydrogens is 212 g/mol. The summed E-state index contributed by atoms with van der Waals surface area (Å²) in [6, 6.07) is 0. The van der Waals surface area contributed by atoms with Gasteiger partial charge in [-0.3, -0.25) is 0 Å². The van der Waals surface area contributed by atoms with Crippen molar-refractivity contribution in [1.29, 1.82) is 0 Å². The first-order chi connectivity index (χ1) is 8.13. The summed E-state index contributed by atoms with van der Waals surface area (Å²) in [5.41, 5.74) is 1.35. The molecule has 1 saturated carbocycles. The molecule has 0 atom stereocenters. The Morgan fingerprint density at radius 3 is 2.76 bits per heavy atom. The van der Waals surface area contributed by atoms with E-state index in [0.29, 0.717) is 0 Å². The van der Waals surface area contributed by atoms with Crippen LogP contribution in [0.5, 0.6) is 0 Å². The van der Waals surface area contributed by atoms with Gasteiger partial charge in [-0.2, -0.15) is 4.98 Å². The first-order valence-corrected chi connectivity index (χ1v) is 6.49. The van der Waals surface area contributed by atoms with E-state index in [1.54, 1.807) is 0 Å². The van der Waals surface area contributed by atoms with Gasteiger partial charge in [-0.05, 0) is 39.5 Å². The summed E-state index contributed by atoms with van der Waals surface area (Å²) < 4.78 is 0. The van der Waals surface area contributed by atoms with Gasteiger partial charge in [-0.25, -0.2) is 4.98 Å². The molecule has 0 unspecified atom stereocenters. The minimum Gasteiger partial charge on any atom is -0.365 e. The monoisotopic (exact) mass is 234 g/mol. The Morgan fingerprint density at radius 1 is 1.41 bits per heavy atom. The van der Waals surface area contributed by atoms with E-state index in [2.05, 4.69) is 34.4 Å². The lowest BCUT2D eigenvalue weighted by Gasteiger charge is -2.40. The summed E-state index contributed by atoms with van der Waals surface area (Å²) in [6.07, 6.45) is 6.74. The van der Waals surface area contributed by atoms with Crippen LogP contribution < -0.4 is 10.6 Å². The first kappa shape index (κ1) is 12.1. The van der Waals surface area contributed by atoms with Crippen molar-refractivity contribution < 1.29 is 0 Å². The molecule has 1 aliphatic rings. The standard InChI is InChI=1S/C13H22N4/c1-4-8-14-12-15-9-10(2)11(16-12)17-13(3)6-5-7-13/h9H,4-8H2,1-3H3,(H2,14,15,16,17). The van der Waals surface area contributed by atoms with E-state index in [1.165, 1.54) is 19.3 Å². The van der Waals surface area contributed by atoms with E-state index in [-0.39, 0.29) is 5.54 Å². The Kier molecular flexibility index (Phi) is 3.50.